The highest BCUT2D eigenvalue weighted by Gasteiger charge is 2.18. The van der Waals surface area contributed by atoms with Crippen LogP contribution in [0.5, 0.6) is 0 Å². The third-order valence-corrected chi connectivity index (χ3v) is 3.37. The summed E-state index contributed by atoms with van der Waals surface area (Å²) in [6.07, 6.45) is 4.39. The fourth-order valence-electron chi connectivity index (χ4n) is 2.09. The first-order chi connectivity index (χ1) is 8.18. The standard InChI is InChI=1S/C13H15ClFNO/c14-11-6-5-10(9-12(11)15)13(17)16-7-3-1-2-4-8-16/h5-6,9H,1-4,7-8H2. The van der Waals surface area contributed by atoms with Crippen molar-refractivity contribution in [3.05, 3.63) is 34.6 Å². The molecule has 1 aliphatic rings. The number of likely N-dealkylation sites (tertiary alicyclic amines) is 1. The number of nitrogens with zero attached hydrogens (tertiary/aromatic N) is 1. The minimum Gasteiger partial charge on any atom is -0.339 e. The highest BCUT2D eigenvalue weighted by molar-refractivity contribution is 6.30. The first-order valence-electron chi connectivity index (χ1n) is 5.93. The van der Waals surface area contributed by atoms with Crippen molar-refractivity contribution in [3.8, 4) is 0 Å². The predicted octanol–water partition coefficient (Wildman–Crippen LogP) is 3.50. The molecule has 0 aliphatic carbocycles. The van der Waals surface area contributed by atoms with Gasteiger partial charge in [-0.3, -0.25) is 4.79 Å². The van der Waals surface area contributed by atoms with Gasteiger partial charge in [0.25, 0.3) is 5.91 Å². The Balaban J connectivity index is 2.14. The van der Waals surface area contributed by atoms with E-state index in [0.717, 1.165) is 25.9 Å². The molecule has 0 spiro atoms. The molecule has 4 heteroatoms. The summed E-state index contributed by atoms with van der Waals surface area (Å²) in [4.78, 5) is 13.9. The van der Waals surface area contributed by atoms with Crippen molar-refractivity contribution in [3.63, 3.8) is 0 Å². The fourth-order valence-corrected chi connectivity index (χ4v) is 2.20. The lowest BCUT2D eigenvalue weighted by molar-refractivity contribution is 0.0761. The maximum absolute atomic E-state index is 13.3. The molecule has 0 radical (unpaired) electrons. The van der Waals surface area contributed by atoms with Crippen LogP contribution in [0.2, 0.25) is 5.02 Å². The normalized spacial score (nSPS) is 16.7. The summed E-state index contributed by atoms with van der Waals surface area (Å²) >= 11 is 5.60. The fraction of sp³-hybridized carbons (Fsp3) is 0.462. The van der Waals surface area contributed by atoms with E-state index in [-0.39, 0.29) is 10.9 Å². The van der Waals surface area contributed by atoms with Crippen LogP contribution in [-0.4, -0.2) is 23.9 Å². The van der Waals surface area contributed by atoms with E-state index in [2.05, 4.69) is 0 Å². The molecule has 2 rings (SSSR count). The van der Waals surface area contributed by atoms with Gasteiger partial charge >= 0.3 is 0 Å². The topological polar surface area (TPSA) is 20.3 Å². The highest BCUT2D eigenvalue weighted by Crippen LogP contribution is 2.18. The average molecular weight is 256 g/mol. The van der Waals surface area contributed by atoms with Gasteiger partial charge in [-0.1, -0.05) is 24.4 Å². The van der Waals surface area contributed by atoms with Gasteiger partial charge in [-0.25, -0.2) is 4.39 Å². The second-order valence-corrected chi connectivity index (χ2v) is 4.74. The van der Waals surface area contributed by atoms with Crippen molar-refractivity contribution in [2.75, 3.05) is 13.1 Å². The molecule has 1 saturated heterocycles. The van der Waals surface area contributed by atoms with Crippen LogP contribution in [0.4, 0.5) is 4.39 Å². The average Bonchev–Trinajstić information content (AvgIpc) is 2.60. The molecule has 2 nitrogen and oxygen atoms in total. The summed E-state index contributed by atoms with van der Waals surface area (Å²) in [6, 6.07) is 4.23. The Kier molecular flexibility index (Phi) is 4.00. The van der Waals surface area contributed by atoms with Crippen LogP contribution in [0.25, 0.3) is 0 Å². The third kappa shape index (κ3) is 2.97. The molecule has 1 aliphatic heterocycles. The molecule has 1 fully saturated rings. The van der Waals surface area contributed by atoms with E-state index in [4.69, 9.17) is 11.6 Å². The molecule has 17 heavy (non-hydrogen) atoms. The molecule has 0 unspecified atom stereocenters. The lowest BCUT2D eigenvalue weighted by Crippen LogP contribution is -2.31. The Morgan fingerprint density at radius 1 is 1.18 bits per heavy atom. The second-order valence-electron chi connectivity index (χ2n) is 4.34. The third-order valence-electron chi connectivity index (χ3n) is 3.06. The zero-order valence-corrected chi connectivity index (χ0v) is 10.3. The summed E-state index contributed by atoms with van der Waals surface area (Å²) in [6.45, 7) is 1.53. The number of benzene rings is 1. The SMILES string of the molecule is O=C(c1ccc(Cl)c(F)c1)N1CCCCCC1. The van der Waals surface area contributed by atoms with E-state index in [9.17, 15) is 9.18 Å². The Bertz CT molecular complexity index is 414. The molecule has 1 amide bonds. The quantitative estimate of drug-likeness (QED) is 0.752. The zero-order valence-electron chi connectivity index (χ0n) is 9.59. The maximum Gasteiger partial charge on any atom is 0.253 e. The second kappa shape index (κ2) is 5.50. The first-order valence-corrected chi connectivity index (χ1v) is 6.30. The molecule has 1 aromatic rings. The zero-order chi connectivity index (χ0) is 12.3. The largest absolute Gasteiger partial charge is 0.339 e. The van der Waals surface area contributed by atoms with Crippen molar-refractivity contribution in [2.45, 2.75) is 25.7 Å². The van der Waals surface area contributed by atoms with Gasteiger partial charge in [0.2, 0.25) is 0 Å². The Labute approximate surface area is 105 Å². The minimum atomic E-state index is -0.535. The van der Waals surface area contributed by atoms with Crippen LogP contribution >= 0.6 is 11.6 Å². The van der Waals surface area contributed by atoms with Gasteiger partial charge in [0.05, 0.1) is 5.02 Å². The molecular weight excluding hydrogens is 241 g/mol. The van der Waals surface area contributed by atoms with Crippen molar-refractivity contribution < 1.29 is 9.18 Å². The number of carbonyl (C=O) groups excluding carboxylic acids is 1. The monoisotopic (exact) mass is 255 g/mol. The van der Waals surface area contributed by atoms with Crippen molar-refractivity contribution in [1.82, 2.24) is 4.90 Å². The number of amides is 1. The van der Waals surface area contributed by atoms with Gasteiger partial charge in [-0.05, 0) is 31.0 Å². The molecule has 92 valence electrons. The molecule has 0 atom stereocenters. The van der Waals surface area contributed by atoms with Crippen LogP contribution < -0.4 is 0 Å². The van der Waals surface area contributed by atoms with E-state index in [1.165, 1.54) is 25.0 Å². The van der Waals surface area contributed by atoms with E-state index in [1.54, 1.807) is 11.0 Å². The van der Waals surface area contributed by atoms with Gasteiger partial charge in [-0.15, -0.1) is 0 Å². The molecule has 0 aromatic heterocycles. The highest BCUT2D eigenvalue weighted by atomic mass is 35.5. The van der Waals surface area contributed by atoms with Crippen LogP contribution in [0.1, 0.15) is 36.0 Å². The van der Waals surface area contributed by atoms with Crippen molar-refractivity contribution in [2.24, 2.45) is 0 Å². The number of hydrogen-bond acceptors (Lipinski definition) is 1. The van der Waals surface area contributed by atoms with E-state index < -0.39 is 5.82 Å². The van der Waals surface area contributed by atoms with E-state index in [0.29, 0.717) is 5.56 Å². The number of halogens is 2. The van der Waals surface area contributed by atoms with Crippen LogP contribution in [0.15, 0.2) is 18.2 Å². The van der Waals surface area contributed by atoms with Crippen molar-refractivity contribution in [1.29, 1.82) is 0 Å². The lowest BCUT2D eigenvalue weighted by atomic mass is 10.2. The Hall–Kier alpha value is -1.09. The number of hydrogen-bond donors (Lipinski definition) is 0. The van der Waals surface area contributed by atoms with Crippen LogP contribution in [0, 0.1) is 5.82 Å². The van der Waals surface area contributed by atoms with Crippen molar-refractivity contribution >= 4 is 17.5 Å². The molecule has 1 aromatic carbocycles. The van der Waals surface area contributed by atoms with Gasteiger partial charge in [-0.2, -0.15) is 0 Å². The van der Waals surface area contributed by atoms with Gasteiger partial charge in [0, 0.05) is 18.7 Å². The van der Waals surface area contributed by atoms with Gasteiger partial charge in [0.15, 0.2) is 0 Å². The van der Waals surface area contributed by atoms with E-state index >= 15 is 0 Å². The summed E-state index contributed by atoms with van der Waals surface area (Å²) < 4.78 is 13.3. The summed E-state index contributed by atoms with van der Waals surface area (Å²) in [5, 5.41) is 0.0532. The Morgan fingerprint density at radius 2 is 1.82 bits per heavy atom. The van der Waals surface area contributed by atoms with Crippen LogP contribution in [-0.2, 0) is 0 Å². The smallest absolute Gasteiger partial charge is 0.253 e. The number of carbonyl (C=O) groups is 1. The summed E-state index contributed by atoms with van der Waals surface area (Å²) in [5.41, 5.74) is 0.383. The van der Waals surface area contributed by atoms with E-state index in [1.807, 2.05) is 0 Å². The molecule has 1 heterocycles. The minimum absolute atomic E-state index is 0.0532. The number of rotatable bonds is 1. The predicted molar refractivity (Wildman–Crippen MR) is 65.8 cm³/mol. The van der Waals surface area contributed by atoms with Crippen LogP contribution in [0.3, 0.4) is 0 Å². The summed E-state index contributed by atoms with van der Waals surface area (Å²) in [7, 11) is 0. The molecule has 0 N–H and O–H groups in total. The van der Waals surface area contributed by atoms with Gasteiger partial charge < -0.3 is 4.90 Å². The molecule has 0 bridgehead atoms. The maximum atomic E-state index is 13.3. The lowest BCUT2D eigenvalue weighted by Gasteiger charge is -2.20. The molecule has 0 saturated carbocycles. The molecular formula is C13H15ClFNO. The summed E-state index contributed by atoms with van der Waals surface area (Å²) in [5.74, 6) is -0.630. The first kappa shape index (κ1) is 12.4. The van der Waals surface area contributed by atoms with Gasteiger partial charge in [0.1, 0.15) is 5.82 Å². The Morgan fingerprint density at radius 3 is 2.41 bits per heavy atom.